The maximum absolute atomic E-state index is 4.81. The van der Waals surface area contributed by atoms with Crippen molar-refractivity contribution in [2.75, 3.05) is 0 Å². The van der Waals surface area contributed by atoms with Crippen LogP contribution in [0.1, 0.15) is 26.3 Å². The van der Waals surface area contributed by atoms with Crippen molar-refractivity contribution in [3.8, 4) is 11.3 Å². The van der Waals surface area contributed by atoms with Gasteiger partial charge in [-0.2, -0.15) is 0 Å². The Kier molecular flexibility index (Phi) is 3.60. The van der Waals surface area contributed by atoms with Gasteiger partial charge in [0.05, 0.1) is 10.4 Å². The molecule has 0 atom stereocenters. The molecule has 0 saturated carbocycles. The molecule has 0 N–H and O–H groups in total. The average molecular weight is 368 g/mol. The average Bonchev–Trinajstić information content (AvgIpc) is 3.04. The molecular weight excluding hydrogens is 346 g/mol. The Morgan fingerprint density at radius 1 is 0.741 bits per heavy atom. The number of aromatic nitrogens is 1. The molecule has 2 heterocycles. The van der Waals surface area contributed by atoms with Crippen LogP contribution in [0.15, 0.2) is 72.9 Å². The summed E-state index contributed by atoms with van der Waals surface area (Å²) in [7, 11) is 0. The van der Waals surface area contributed by atoms with Crippen LogP contribution in [0.3, 0.4) is 0 Å². The number of thiophene rings is 1. The third-order valence-electron chi connectivity index (χ3n) is 5.23. The van der Waals surface area contributed by atoms with E-state index >= 15 is 0 Å². The Balaban J connectivity index is 1.79. The molecule has 5 rings (SSSR count). The van der Waals surface area contributed by atoms with E-state index in [1.807, 2.05) is 17.5 Å². The molecule has 0 fully saturated rings. The first kappa shape index (κ1) is 16.5. The Morgan fingerprint density at radius 3 is 2.30 bits per heavy atom. The van der Waals surface area contributed by atoms with E-state index in [1.54, 1.807) is 0 Å². The summed E-state index contributed by atoms with van der Waals surface area (Å²) in [5.41, 5.74) is 3.68. The van der Waals surface area contributed by atoms with Crippen molar-refractivity contribution in [1.29, 1.82) is 0 Å². The van der Waals surface area contributed by atoms with Crippen molar-refractivity contribution in [2.45, 2.75) is 26.2 Å². The molecule has 0 unspecified atom stereocenters. The number of fused-ring (bicyclic) bond motifs is 4. The Bertz CT molecular complexity index is 1300. The summed E-state index contributed by atoms with van der Waals surface area (Å²) >= 11 is 1.81. The molecule has 27 heavy (non-hydrogen) atoms. The van der Waals surface area contributed by atoms with Crippen LogP contribution in [-0.2, 0) is 5.41 Å². The predicted molar refractivity (Wildman–Crippen MR) is 119 cm³/mol. The van der Waals surface area contributed by atoms with Gasteiger partial charge in [-0.25, -0.2) is 0 Å². The van der Waals surface area contributed by atoms with Crippen LogP contribution in [0.2, 0.25) is 0 Å². The minimum Gasteiger partial charge on any atom is -0.255 e. The van der Waals surface area contributed by atoms with Crippen molar-refractivity contribution >= 4 is 42.3 Å². The van der Waals surface area contributed by atoms with E-state index in [0.29, 0.717) is 0 Å². The molecule has 3 aromatic carbocycles. The lowest BCUT2D eigenvalue weighted by atomic mass is 9.82. The third-order valence-corrected chi connectivity index (χ3v) is 6.35. The van der Waals surface area contributed by atoms with E-state index in [1.165, 1.54) is 42.1 Å². The molecule has 2 aromatic heterocycles. The van der Waals surface area contributed by atoms with E-state index in [4.69, 9.17) is 4.98 Å². The minimum absolute atomic E-state index is 0.0782. The van der Waals surface area contributed by atoms with Gasteiger partial charge >= 0.3 is 0 Å². The highest BCUT2D eigenvalue weighted by atomic mass is 32.1. The third kappa shape index (κ3) is 2.72. The lowest BCUT2D eigenvalue weighted by Crippen LogP contribution is -2.12. The van der Waals surface area contributed by atoms with Gasteiger partial charge in [0.25, 0.3) is 0 Å². The first-order valence-corrected chi connectivity index (χ1v) is 10.1. The minimum atomic E-state index is 0.0782. The van der Waals surface area contributed by atoms with Crippen LogP contribution in [0.25, 0.3) is 42.2 Å². The Labute approximate surface area is 163 Å². The van der Waals surface area contributed by atoms with E-state index in [-0.39, 0.29) is 5.41 Å². The monoisotopic (exact) mass is 367 g/mol. The number of benzene rings is 3. The zero-order chi connectivity index (χ0) is 18.6. The zero-order valence-electron chi connectivity index (χ0n) is 15.8. The molecule has 1 nitrogen and oxygen atoms in total. The van der Waals surface area contributed by atoms with Gasteiger partial charge in [-0.15, -0.1) is 11.3 Å². The van der Waals surface area contributed by atoms with Crippen LogP contribution in [0, 0.1) is 0 Å². The molecule has 0 radical (unpaired) electrons. The highest BCUT2D eigenvalue weighted by Gasteiger charge is 2.18. The molecule has 0 saturated heterocycles. The van der Waals surface area contributed by atoms with Gasteiger partial charge in [0, 0.05) is 27.2 Å². The fourth-order valence-corrected chi connectivity index (χ4v) is 4.92. The standard InChI is InChI=1S/C25H21NS/c1-25(2,3)21-13-17(12-16-8-4-5-9-18(16)21)22-14-20-19-10-6-7-11-23(19)27-24(20)15-26-22/h4-15H,1-3H3. The normalized spacial score (nSPS) is 12.3. The summed E-state index contributed by atoms with van der Waals surface area (Å²) < 4.78 is 2.57. The molecule has 0 aliphatic carbocycles. The SMILES string of the molecule is CC(C)(C)c1cc(-c2cc3c(cn2)sc2ccccc23)cc2ccccc12. The summed E-state index contributed by atoms with van der Waals surface area (Å²) in [4.78, 5) is 4.81. The molecule has 0 amide bonds. The van der Waals surface area contributed by atoms with Crippen LogP contribution >= 0.6 is 11.3 Å². The molecule has 0 aliphatic rings. The van der Waals surface area contributed by atoms with Gasteiger partial charge in [-0.05, 0) is 46.0 Å². The second-order valence-electron chi connectivity index (χ2n) is 8.16. The van der Waals surface area contributed by atoms with E-state index in [9.17, 15) is 0 Å². The van der Waals surface area contributed by atoms with Gasteiger partial charge < -0.3 is 0 Å². The molecule has 132 valence electrons. The fourth-order valence-electron chi connectivity index (χ4n) is 3.87. The molecule has 2 heteroatoms. The number of pyridine rings is 1. The van der Waals surface area contributed by atoms with Crippen LogP contribution in [-0.4, -0.2) is 4.98 Å². The Hall–Kier alpha value is -2.71. The van der Waals surface area contributed by atoms with Gasteiger partial charge in [0.15, 0.2) is 0 Å². The largest absolute Gasteiger partial charge is 0.255 e. The molecule has 5 aromatic rings. The Morgan fingerprint density at radius 2 is 1.48 bits per heavy atom. The fraction of sp³-hybridized carbons (Fsp3) is 0.160. The van der Waals surface area contributed by atoms with Crippen molar-refractivity contribution in [3.63, 3.8) is 0 Å². The number of hydrogen-bond donors (Lipinski definition) is 0. The van der Waals surface area contributed by atoms with Crippen molar-refractivity contribution in [1.82, 2.24) is 4.98 Å². The second kappa shape index (κ2) is 5.90. The lowest BCUT2D eigenvalue weighted by molar-refractivity contribution is 0.596. The smallest absolute Gasteiger partial charge is 0.0709 e. The summed E-state index contributed by atoms with van der Waals surface area (Å²) in [5, 5.41) is 5.22. The van der Waals surface area contributed by atoms with E-state index < -0.39 is 0 Å². The van der Waals surface area contributed by atoms with Crippen LogP contribution in [0.5, 0.6) is 0 Å². The molecule has 0 spiro atoms. The lowest BCUT2D eigenvalue weighted by Gasteiger charge is -2.22. The van der Waals surface area contributed by atoms with Gasteiger partial charge in [-0.1, -0.05) is 63.2 Å². The quantitative estimate of drug-likeness (QED) is 0.298. The maximum Gasteiger partial charge on any atom is 0.0709 e. The summed E-state index contributed by atoms with van der Waals surface area (Å²) in [5.74, 6) is 0. The van der Waals surface area contributed by atoms with Crippen molar-refractivity contribution < 1.29 is 0 Å². The second-order valence-corrected chi connectivity index (χ2v) is 9.24. The molecule has 0 aliphatic heterocycles. The highest BCUT2D eigenvalue weighted by molar-refractivity contribution is 7.25. The van der Waals surface area contributed by atoms with Crippen LogP contribution < -0.4 is 0 Å². The molecular formula is C25H21NS. The number of hydrogen-bond acceptors (Lipinski definition) is 2. The molecule has 0 bridgehead atoms. The predicted octanol–water partition coefficient (Wildman–Crippen LogP) is 7.57. The van der Waals surface area contributed by atoms with Gasteiger partial charge in [0.2, 0.25) is 0 Å². The van der Waals surface area contributed by atoms with Crippen molar-refractivity contribution in [3.05, 3.63) is 78.5 Å². The van der Waals surface area contributed by atoms with E-state index in [2.05, 4.69) is 87.5 Å². The van der Waals surface area contributed by atoms with Crippen molar-refractivity contribution in [2.24, 2.45) is 0 Å². The van der Waals surface area contributed by atoms with Gasteiger partial charge in [0.1, 0.15) is 0 Å². The number of rotatable bonds is 1. The first-order valence-electron chi connectivity index (χ1n) is 9.32. The topological polar surface area (TPSA) is 12.9 Å². The highest BCUT2D eigenvalue weighted by Crippen LogP contribution is 2.37. The van der Waals surface area contributed by atoms with Crippen LogP contribution in [0.4, 0.5) is 0 Å². The maximum atomic E-state index is 4.81. The number of nitrogens with zero attached hydrogens (tertiary/aromatic N) is 1. The summed E-state index contributed by atoms with van der Waals surface area (Å²) in [6.45, 7) is 6.84. The van der Waals surface area contributed by atoms with E-state index in [0.717, 1.165) is 5.69 Å². The zero-order valence-corrected chi connectivity index (χ0v) is 16.6. The van der Waals surface area contributed by atoms with Gasteiger partial charge in [-0.3, -0.25) is 4.98 Å². The first-order chi connectivity index (χ1) is 13.0. The summed E-state index contributed by atoms with van der Waals surface area (Å²) in [6, 6.07) is 24.1. The summed E-state index contributed by atoms with van der Waals surface area (Å²) in [6.07, 6.45) is 2.03.